The Morgan fingerprint density at radius 1 is 1.28 bits per heavy atom. The summed E-state index contributed by atoms with van der Waals surface area (Å²) < 4.78 is 0. The van der Waals surface area contributed by atoms with E-state index in [2.05, 4.69) is 10.6 Å². The highest BCUT2D eigenvalue weighted by atomic mass is 16.3. The van der Waals surface area contributed by atoms with Gasteiger partial charge in [-0.3, -0.25) is 9.59 Å². The first kappa shape index (κ1) is 19.2. The van der Waals surface area contributed by atoms with Gasteiger partial charge >= 0.3 is 0 Å². The first-order valence-electron chi connectivity index (χ1n) is 8.77. The molecule has 2 amide bonds. The molecule has 25 heavy (non-hydrogen) atoms. The van der Waals surface area contributed by atoms with Crippen LogP contribution in [0.15, 0.2) is 35.9 Å². The maximum atomic E-state index is 12.4. The molecular formula is C20H28N2O3. The summed E-state index contributed by atoms with van der Waals surface area (Å²) in [6, 6.07) is 7.23. The van der Waals surface area contributed by atoms with Gasteiger partial charge in [-0.2, -0.15) is 0 Å². The number of hydrogen-bond acceptors (Lipinski definition) is 3. The van der Waals surface area contributed by atoms with E-state index in [0.29, 0.717) is 12.1 Å². The minimum atomic E-state index is -0.231. The summed E-state index contributed by atoms with van der Waals surface area (Å²) >= 11 is 0. The van der Waals surface area contributed by atoms with Crippen molar-refractivity contribution in [2.75, 3.05) is 6.61 Å². The first-order valence-corrected chi connectivity index (χ1v) is 8.77. The standard InChI is InChI=1S/C20H28N2O3/c1-14(2)11-18(24)21-12-15-6-8-16(9-7-15)19(25)22-17-5-4-10-20(17,3)13-23/h6-9,11,17,23H,4-5,10,12-13H2,1-3H3,(H,21,24)(H,22,25). The Kier molecular flexibility index (Phi) is 6.37. The molecule has 1 aliphatic rings. The van der Waals surface area contributed by atoms with Gasteiger partial charge in [-0.05, 0) is 44.4 Å². The van der Waals surface area contributed by atoms with E-state index in [1.165, 1.54) is 0 Å². The Bertz CT molecular complexity index is 647. The zero-order valence-electron chi connectivity index (χ0n) is 15.3. The molecule has 0 aromatic heterocycles. The molecule has 2 unspecified atom stereocenters. The van der Waals surface area contributed by atoms with Crippen LogP contribution in [0.1, 0.15) is 56.0 Å². The molecule has 1 fully saturated rings. The van der Waals surface area contributed by atoms with Gasteiger partial charge in [-0.15, -0.1) is 0 Å². The molecule has 0 heterocycles. The van der Waals surface area contributed by atoms with Crippen molar-refractivity contribution in [3.05, 3.63) is 47.0 Å². The number of amides is 2. The van der Waals surface area contributed by atoms with Crippen molar-refractivity contribution in [2.24, 2.45) is 5.41 Å². The number of allylic oxidation sites excluding steroid dienone is 1. The summed E-state index contributed by atoms with van der Waals surface area (Å²) in [6.07, 6.45) is 4.41. The summed E-state index contributed by atoms with van der Waals surface area (Å²) in [6.45, 7) is 6.28. The fourth-order valence-electron chi connectivity index (χ4n) is 3.19. The fourth-order valence-corrected chi connectivity index (χ4v) is 3.19. The highest BCUT2D eigenvalue weighted by Crippen LogP contribution is 2.37. The Balaban J connectivity index is 1.92. The lowest BCUT2D eigenvalue weighted by Crippen LogP contribution is -2.44. The van der Waals surface area contributed by atoms with E-state index in [1.54, 1.807) is 18.2 Å². The van der Waals surface area contributed by atoms with Crippen LogP contribution in [0.3, 0.4) is 0 Å². The number of nitrogens with one attached hydrogen (secondary N) is 2. The van der Waals surface area contributed by atoms with Crippen LogP contribution in [0.5, 0.6) is 0 Å². The minimum absolute atomic E-state index is 0.00744. The zero-order chi connectivity index (χ0) is 18.4. The molecule has 1 saturated carbocycles. The molecule has 0 radical (unpaired) electrons. The van der Waals surface area contributed by atoms with Crippen LogP contribution in [-0.2, 0) is 11.3 Å². The van der Waals surface area contributed by atoms with Crippen LogP contribution in [0.4, 0.5) is 0 Å². The minimum Gasteiger partial charge on any atom is -0.396 e. The summed E-state index contributed by atoms with van der Waals surface area (Å²) in [7, 11) is 0. The molecule has 3 N–H and O–H groups in total. The van der Waals surface area contributed by atoms with Gasteiger partial charge in [0.25, 0.3) is 5.91 Å². The Hall–Kier alpha value is -2.14. The lowest BCUT2D eigenvalue weighted by Gasteiger charge is -2.30. The maximum absolute atomic E-state index is 12.4. The van der Waals surface area contributed by atoms with Crippen LogP contribution < -0.4 is 10.6 Å². The molecule has 0 aliphatic heterocycles. The normalized spacial score (nSPS) is 22.3. The Labute approximate surface area is 149 Å². The van der Waals surface area contributed by atoms with E-state index >= 15 is 0 Å². The van der Waals surface area contributed by atoms with Gasteiger partial charge < -0.3 is 15.7 Å². The summed E-state index contributed by atoms with van der Waals surface area (Å²) in [5.74, 6) is -0.238. The number of carbonyl (C=O) groups excluding carboxylic acids is 2. The average molecular weight is 344 g/mol. The molecular weight excluding hydrogens is 316 g/mol. The van der Waals surface area contributed by atoms with E-state index in [0.717, 1.165) is 30.4 Å². The van der Waals surface area contributed by atoms with Crippen molar-refractivity contribution >= 4 is 11.8 Å². The van der Waals surface area contributed by atoms with Gasteiger partial charge in [0.15, 0.2) is 0 Å². The van der Waals surface area contributed by atoms with Crippen molar-refractivity contribution in [3.63, 3.8) is 0 Å². The first-order chi connectivity index (χ1) is 11.8. The second-order valence-corrected chi connectivity index (χ2v) is 7.37. The van der Waals surface area contributed by atoms with Crippen LogP contribution in [0.2, 0.25) is 0 Å². The third-order valence-electron chi connectivity index (χ3n) is 4.85. The summed E-state index contributed by atoms with van der Waals surface area (Å²) in [4.78, 5) is 24.0. The van der Waals surface area contributed by atoms with Gasteiger partial charge in [-0.25, -0.2) is 0 Å². The number of aliphatic hydroxyl groups is 1. The molecule has 2 atom stereocenters. The Morgan fingerprint density at radius 3 is 2.56 bits per heavy atom. The van der Waals surface area contributed by atoms with Crippen LogP contribution in [-0.4, -0.2) is 29.6 Å². The van der Waals surface area contributed by atoms with Crippen molar-refractivity contribution < 1.29 is 14.7 Å². The molecule has 1 aliphatic carbocycles. The molecule has 0 saturated heterocycles. The molecule has 5 nitrogen and oxygen atoms in total. The monoisotopic (exact) mass is 344 g/mol. The predicted octanol–water partition coefficient (Wildman–Crippen LogP) is 2.55. The fraction of sp³-hybridized carbons (Fsp3) is 0.500. The molecule has 1 aromatic rings. The molecule has 136 valence electrons. The molecule has 0 spiro atoms. The average Bonchev–Trinajstić information content (AvgIpc) is 2.94. The van der Waals surface area contributed by atoms with Gasteiger partial charge in [0.05, 0.1) is 6.61 Å². The predicted molar refractivity (Wildman–Crippen MR) is 98.0 cm³/mol. The van der Waals surface area contributed by atoms with Crippen molar-refractivity contribution in [1.82, 2.24) is 10.6 Å². The molecule has 1 aromatic carbocycles. The third kappa shape index (κ3) is 5.16. The van der Waals surface area contributed by atoms with Crippen LogP contribution >= 0.6 is 0 Å². The van der Waals surface area contributed by atoms with E-state index in [-0.39, 0.29) is 29.9 Å². The molecule has 5 heteroatoms. The smallest absolute Gasteiger partial charge is 0.251 e. The number of carbonyl (C=O) groups is 2. The summed E-state index contributed by atoms with van der Waals surface area (Å²) in [5, 5.41) is 15.4. The second kappa shape index (κ2) is 8.30. The van der Waals surface area contributed by atoms with Gasteiger partial charge in [0, 0.05) is 29.6 Å². The van der Waals surface area contributed by atoms with E-state index in [4.69, 9.17) is 0 Å². The third-order valence-corrected chi connectivity index (χ3v) is 4.85. The molecule has 0 bridgehead atoms. The van der Waals surface area contributed by atoms with Crippen molar-refractivity contribution in [2.45, 2.75) is 52.6 Å². The topological polar surface area (TPSA) is 78.4 Å². The highest BCUT2D eigenvalue weighted by Gasteiger charge is 2.39. The van der Waals surface area contributed by atoms with E-state index in [1.807, 2.05) is 32.9 Å². The lowest BCUT2D eigenvalue weighted by atomic mass is 9.85. The lowest BCUT2D eigenvalue weighted by molar-refractivity contribution is -0.116. The number of rotatable bonds is 6. The van der Waals surface area contributed by atoms with Crippen molar-refractivity contribution in [3.8, 4) is 0 Å². The van der Waals surface area contributed by atoms with Gasteiger partial charge in [-0.1, -0.05) is 31.1 Å². The van der Waals surface area contributed by atoms with Crippen LogP contribution in [0, 0.1) is 5.41 Å². The Morgan fingerprint density at radius 2 is 1.96 bits per heavy atom. The van der Waals surface area contributed by atoms with Crippen LogP contribution in [0.25, 0.3) is 0 Å². The van der Waals surface area contributed by atoms with Gasteiger partial charge in [0.2, 0.25) is 5.91 Å². The number of benzene rings is 1. The van der Waals surface area contributed by atoms with E-state index in [9.17, 15) is 14.7 Å². The highest BCUT2D eigenvalue weighted by molar-refractivity contribution is 5.94. The molecule has 2 rings (SSSR count). The zero-order valence-corrected chi connectivity index (χ0v) is 15.3. The second-order valence-electron chi connectivity index (χ2n) is 7.37. The maximum Gasteiger partial charge on any atom is 0.251 e. The quantitative estimate of drug-likeness (QED) is 0.694. The largest absolute Gasteiger partial charge is 0.396 e. The van der Waals surface area contributed by atoms with Gasteiger partial charge in [0.1, 0.15) is 0 Å². The SMILES string of the molecule is CC(C)=CC(=O)NCc1ccc(C(=O)NC2CCCC2(C)CO)cc1. The van der Waals surface area contributed by atoms with E-state index < -0.39 is 0 Å². The number of aliphatic hydroxyl groups excluding tert-OH is 1. The number of hydrogen-bond donors (Lipinski definition) is 3. The summed E-state index contributed by atoms with van der Waals surface area (Å²) in [5.41, 5.74) is 2.25. The van der Waals surface area contributed by atoms with Crippen molar-refractivity contribution in [1.29, 1.82) is 0 Å².